The zero-order valence-electron chi connectivity index (χ0n) is 19.6. The topological polar surface area (TPSA) is 37.8 Å². The van der Waals surface area contributed by atoms with Crippen molar-refractivity contribution in [2.75, 3.05) is 52.5 Å². The summed E-state index contributed by atoms with van der Waals surface area (Å²) >= 11 is 0. The van der Waals surface area contributed by atoms with Crippen LogP contribution in [0.5, 0.6) is 11.5 Å². The van der Waals surface area contributed by atoms with E-state index in [-0.39, 0.29) is 33.5 Å². The smallest absolute Gasteiger partial charge is 0.121 e. The predicted octanol–water partition coefficient (Wildman–Crippen LogP) is 5.25. The van der Waals surface area contributed by atoms with Gasteiger partial charge in [0.1, 0.15) is 24.7 Å². The van der Waals surface area contributed by atoms with Crippen molar-refractivity contribution in [2.24, 2.45) is 0 Å². The number of rotatable bonds is 12. The molecule has 0 bridgehead atoms. The molecule has 1 heterocycles. The molecule has 0 aliphatic rings. The van der Waals surface area contributed by atoms with E-state index in [1.165, 1.54) is 0 Å². The van der Waals surface area contributed by atoms with Crippen molar-refractivity contribution in [2.45, 2.75) is 27.7 Å². The number of halogens is 1. The number of aromatic nitrogens is 1. The van der Waals surface area contributed by atoms with Crippen molar-refractivity contribution in [3.8, 4) is 11.5 Å². The largest absolute Gasteiger partial charge is 0.492 e. The fourth-order valence-electron chi connectivity index (χ4n) is 3.63. The van der Waals surface area contributed by atoms with Gasteiger partial charge in [-0.2, -0.15) is 0 Å². The Hall–Kier alpha value is -1.39. The van der Waals surface area contributed by atoms with Crippen LogP contribution in [0.15, 0.2) is 42.5 Å². The van der Waals surface area contributed by atoms with Gasteiger partial charge in [-0.3, -0.25) is 0 Å². The molecule has 2 aromatic carbocycles. The minimum Gasteiger partial charge on any atom is -0.492 e. The summed E-state index contributed by atoms with van der Waals surface area (Å²) in [5.41, 5.74) is 1.89. The van der Waals surface area contributed by atoms with Crippen LogP contribution in [-0.2, 0) is 21.1 Å². The van der Waals surface area contributed by atoms with Gasteiger partial charge in [-0.1, -0.05) is 27.7 Å². The molecular formula is C25H36ClN3O2Pt. The third kappa shape index (κ3) is 7.88. The van der Waals surface area contributed by atoms with Gasteiger partial charge in [-0.05, 0) is 56.5 Å². The van der Waals surface area contributed by atoms with Crippen LogP contribution < -0.4 is 9.47 Å². The summed E-state index contributed by atoms with van der Waals surface area (Å²) < 4.78 is 11.9. The van der Waals surface area contributed by atoms with E-state index in [4.69, 9.17) is 14.5 Å². The van der Waals surface area contributed by atoms with E-state index in [9.17, 15) is 0 Å². The Morgan fingerprint density at radius 3 is 1.44 bits per heavy atom. The normalized spacial score (nSPS) is 10.9. The molecule has 0 N–H and O–H groups in total. The summed E-state index contributed by atoms with van der Waals surface area (Å²) in [6, 6.07) is 14.5. The molecule has 32 heavy (non-hydrogen) atoms. The van der Waals surface area contributed by atoms with E-state index in [0.29, 0.717) is 13.2 Å². The summed E-state index contributed by atoms with van der Waals surface area (Å²) in [6.07, 6.45) is 0. The zero-order valence-corrected chi connectivity index (χ0v) is 22.7. The van der Waals surface area contributed by atoms with Crippen molar-refractivity contribution >= 4 is 34.2 Å². The van der Waals surface area contributed by atoms with Crippen LogP contribution in [0.25, 0.3) is 21.8 Å². The van der Waals surface area contributed by atoms with Crippen LogP contribution in [0.4, 0.5) is 0 Å². The maximum absolute atomic E-state index is 5.97. The van der Waals surface area contributed by atoms with Gasteiger partial charge < -0.3 is 19.3 Å². The molecule has 0 amide bonds. The van der Waals surface area contributed by atoms with Gasteiger partial charge in [0.2, 0.25) is 0 Å². The third-order valence-electron chi connectivity index (χ3n) is 5.70. The molecule has 180 valence electrons. The van der Waals surface area contributed by atoms with Crippen LogP contribution in [0.1, 0.15) is 27.7 Å². The quantitative estimate of drug-likeness (QED) is 0.253. The van der Waals surface area contributed by atoms with Crippen molar-refractivity contribution in [1.29, 1.82) is 0 Å². The molecule has 5 nitrogen and oxygen atoms in total. The summed E-state index contributed by atoms with van der Waals surface area (Å²) in [4.78, 5) is 9.58. The monoisotopic (exact) mass is 640 g/mol. The van der Waals surface area contributed by atoms with Gasteiger partial charge in [0.15, 0.2) is 0 Å². The van der Waals surface area contributed by atoms with Crippen molar-refractivity contribution < 1.29 is 30.5 Å². The Morgan fingerprint density at radius 1 is 0.656 bits per heavy atom. The molecule has 0 fully saturated rings. The number of fused-ring (bicyclic) bond motifs is 2. The molecule has 0 unspecified atom stereocenters. The first-order valence-corrected chi connectivity index (χ1v) is 11.2. The molecule has 0 radical (unpaired) electrons. The Balaban J connectivity index is 0.00000256. The molecule has 3 rings (SSSR count). The second kappa shape index (κ2) is 14.7. The number of nitrogens with zero attached hydrogens (tertiary/aromatic N) is 3. The number of ether oxygens (including phenoxy) is 2. The first-order chi connectivity index (χ1) is 14.7. The molecular weight excluding hydrogens is 605 g/mol. The summed E-state index contributed by atoms with van der Waals surface area (Å²) in [5.74, 6) is 1.74. The minimum absolute atomic E-state index is 0. The van der Waals surface area contributed by atoms with Gasteiger partial charge in [0.25, 0.3) is 0 Å². The number of hydrogen-bond acceptors (Lipinski definition) is 5. The molecule has 7 heteroatoms. The van der Waals surface area contributed by atoms with Gasteiger partial charge in [-0.25, -0.2) is 4.98 Å². The Morgan fingerprint density at radius 2 is 1.06 bits per heavy atom. The number of likely N-dealkylation sites (N-methyl/N-ethyl adjacent to an activating group) is 2. The van der Waals surface area contributed by atoms with E-state index in [2.05, 4.69) is 55.7 Å². The average molecular weight is 641 g/mol. The van der Waals surface area contributed by atoms with E-state index < -0.39 is 0 Å². The maximum atomic E-state index is 5.97. The predicted molar refractivity (Wildman–Crippen MR) is 133 cm³/mol. The van der Waals surface area contributed by atoms with Gasteiger partial charge in [0, 0.05) is 57.1 Å². The second-order valence-corrected chi connectivity index (χ2v) is 7.45. The number of benzene rings is 2. The fraction of sp³-hybridized carbons (Fsp3) is 0.480. The molecule has 0 saturated heterocycles. The number of pyridine rings is 1. The van der Waals surface area contributed by atoms with Crippen LogP contribution in [0, 0.1) is 0 Å². The molecule has 1 aromatic heterocycles. The summed E-state index contributed by atoms with van der Waals surface area (Å²) in [7, 11) is 0. The van der Waals surface area contributed by atoms with E-state index >= 15 is 0 Å². The fourth-order valence-corrected chi connectivity index (χ4v) is 3.63. The van der Waals surface area contributed by atoms with Crippen molar-refractivity contribution in [3.05, 3.63) is 42.5 Å². The molecule has 0 atom stereocenters. The second-order valence-electron chi connectivity index (χ2n) is 7.45. The summed E-state index contributed by atoms with van der Waals surface area (Å²) in [6.45, 7) is 16.1. The van der Waals surface area contributed by atoms with Crippen LogP contribution in [0.2, 0.25) is 0 Å². The SMILES string of the molecule is CCN(CC)CCOc1ccc2cc3ccc(OCCN(CC)CC)cc3nc2c1.Cl.[Pt]. The molecule has 0 aliphatic heterocycles. The Bertz CT molecular complexity index is 876. The average Bonchev–Trinajstić information content (AvgIpc) is 2.78. The van der Waals surface area contributed by atoms with Crippen molar-refractivity contribution in [3.63, 3.8) is 0 Å². The third-order valence-corrected chi connectivity index (χ3v) is 5.70. The van der Waals surface area contributed by atoms with E-state index in [1.807, 2.05) is 24.3 Å². The molecule has 3 aromatic rings. The molecule has 0 saturated carbocycles. The van der Waals surface area contributed by atoms with Gasteiger partial charge in [0.05, 0.1) is 11.0 Å². The first-order valence-electron chi connectivity index (χ1n) is 11.2. The van der Waals surface area contributed by atoms with Crippen LogP contribution in [0.3, 0.4) is 0 Å². The van der Waals surface area contributed by atoms with E-state index in [0.717, 1.165) is 72.6 Å². The first kappa shape index (κ1) is 28.6. The van der Waals surface area contributed by atoms with Gasteiger partial charge in [-0.15, -0.1) is 12.4 Å². The molecule has 0 aliphatic carbocycles. The van der Waals surface area contributed by atoms with E-state index in [1.54, 1.807) is 0 Å². The standard InChI is InChI=1S/C25H35N3O2.ClH.Pt/c1-5-27(6-2)13-15-29-22-11-9-20-17-21-10-12-23(19-25(21)26-24(20)18-22)30-16-14-28(7-3)8-4;;/h9-12,17-19H,5-8,13-16H2,1-4H3;1H;. The molecule has 0 spiro atoms. The van der Waals surface area contributed by atoms with Crippen LogP contribution in [-0.4, -0.2) is 67.3 Å². The Labute approximate surface area is 213 Å². The van der Waals surface area contributed by atoms with Gasteiger partial charge >= 0.3 is 0 Å². The van der Waals surface area contributed by atoms with Crippen molar-refractivity contribution in [1.82, 2.24) is 14.8 Å². The number of hydrogen-bond donors (Lipinski definition) is 0. The summed E-state index contributed by atoms with van der Waals surface area (Å²) in [5, 5.41) is 2.24. The minimum atomic E-state index is 0. The zero-order chi connectivity index (χ0) is 21.3. The maximum Gasteiger partial charge on any atom is 0.121 e. The Kier molecular flexibility index (Phi) is 13.2. The van der Waals surface area contributed by atoms with Crippen LogP contribution >= 0.6 is 12.4 Å².